The summed E-state index contributed by atoms with van der Waals surface area (Å²) in [6, 6.07) is 7.90. The second kappa shape index (κ2) is 6.28. The molecule has 4 nitrogen and oxygen atoms in total. The number of ether oxygens (including phenoxy) is 1. The van der Waals surface area contributed by atoms with Gasteiger partial charge in [-0.25, -0.2) is 4.79 Å². The van der Waals surface area contributed by atoms with E-state index in [1.54, 1.807) is 12.1 Å². The second-order valence-corrected chi connectivity index (χ2v) is 4.71. The quantitative estimate of drug-likeness (QED) is 0.645. The summed E-state index contributed by atoms with van der Waals surface area (Å²) >= 11 is 0. The van der Waals surface area contributed by atoms with Crippen LogP contribution < -0.4 is 0 Å². The lowest BCUT2D eigenvalue weighted by molar-refractivity contribution is 0.0495. The molecule has 0 heterocycles. The summed E-state index contributed by atoms with van der Waals surface area (Å²) in [5.74, 6) is -0.649. The number of carbonyl (C=O) groups is 1. The molecule has 0 radical (unpaired) electrons. The first-order valence-corrected chi connectivity index (χ1v) is 6.75. The van der Waals surface area contributed by atoms with E-state index in [-0.39, 0.29) is 17.1 Å². The first-order chi connectivity index (χ1) is 9.63. The molecule has 0 saturated heterocycles. The maximum Gasteiger partial charge on any atom is 0.341 e. The Morgan fingerprint density at radius 1 is 1.15 bits per heavy atom. The molecule has 106 valence electrons. The predicted octanol–water partition coefficient (Wildman–Crippen LogP) is 3.60. The number of hydrogen-bond donors (Lipinski definition) is 2. The number of rotatable bonds is 5. The van der Waals surface area contributed by atoms with Crippen LogP contribution in [0.1, 0.15) is 36.5 Å². The summed E-state index contributed by atoms with van der Waals surface area (Å²) in [4.78, 5) is 11.9. The van der Waals surface area contributed by atoms with Crippen molar-refractivity contribution in [2.24, 2.45) is 0 Å². The number of esters is 1. The van der Waals surface area contributed by atoms with Gasteiger partial charge < -0.3 is 14.9 Å². The Bertz CT molecular complexity index is 619. The van der Waals surface area contributed by atoms with Gasteiger partial charge in [-0.05, 0) is 30.0 Å². The Morgan fingerprint density at radius 2 is 1.95 bits per heavy atom. The van der Waals surface area contributed by atoms with Crippen LogP contribution in [0.4, 0.5) is 0 Å². The lowest BCUT2D eigenvalue weighted by atomic mass is 10.1. The summed E-state index contributed by atoms with van der Waals surface area (Å²) in [5.41, 5.74) is 0.125. The van der Waals surface area contributed by atoms with Crippen molar-refractivity contribution in [1.29, 1.82) is 0 Å². The lowest BCUT2D eigenvalue weighted by Gasteiger charge is -2.08. The zero-order valence-electron chi connectivity index (χ0n) is 11.4. The van der Waals surface area contributed by atoms with Crippen molar-refractivity contribution >= 4 is 16.7 Å². The molecule has 2 N–H and O–H groups in total. The number of unbranched alkanes of at least 4 members (excludes halogenated alkanes) is 2. The predicted molar refractivity (Wildman–Crippen MR) is 77.1 cm³/mol. The molecule has 0 atom stereocenters. The molecule has 0 aliphatic heterocycles. The molecule has 2 aromatic carbocycles. The van der Waals surface area contributed by atoms with Gasteiger partial charge in [0.25, 0.3) is 0 Å². The van der Waals surface area contributed by atoms with Crippen LogP contribution in [0.25, 0.3) is 10.8 Å². The third kappa shape index (κ3) is 3.02. The molecule has 0 bridgehead atoms. The summed E-state index contributed by atoms with van der Waals surface area (Å²) in [7, 11) is 0. The minimum atomic E-state index is -0.538. The molecular formula is C16H18O4. The SMILES string of the molecule is CCCCCOC(=O)c1cc2cccc(O)c2cc1O. The fourth-order valence-electron chi connectivity index (χ4n) is 2.06. The standard InChI is InChI=1S/C16H18O4/c1-2-3-4-8-20-16(19)13-9-11-6-5-7-14(17)12(11)10-15(13)18/h5-7,9-10,17-18H,2-4,8H2,1H3. The van der Waals surface area contributed by atoms with Crippen molar-refractivity contribution in [2.75, 3.05) is 6.61 Å². The average Bonchev–Trinajstić information content (AvgIpc) is 2.44. The number of hydrogen-bond acceptors (Lipinski definition) is 4. The van der Waals surface area contributed by atoms with Crippen LogP contribution >= 0.6 is 0 Å². The normalized spacial score (nSPS) is 10.7. The van der Waals surface area contributed by atoms with Crippen molar-refractivity contribution in [3.05, 3.63) is 35.9 Å². The van der Waals surface area contributed by atoms with Crippen LogP contribution in [-0.2, 0) is 4.74 Å². The first-order valence-electron chi connectivity index (χ1n) is 6.75. The van der Waals surface area contributed by atoms with Gasteiger partial charge in [-0.2, -0.15) is 0 Å². The number of phenolic OH excluding ortho intramolecular Hbond substituents is 2. The Hall–Kier alpha value is -2.23. The van der Waals surface area contributed by atoms with Gasteiger partial charge in [0, 0.05) is 5.39 Å². The number of carbonyl (C=O) groups excluding carboxylic acids is 1. The number of phenols is 2. The van der Waals surface area contributed by atoms with Crippen molar-refractivity contribution in [2.45, 2.75) is 26.2 Å². The summed E-state index contributed by atoms with van der Waals surface area (Å²) in [6.45, 7) is 2.42. The topological polar surface area (TPSA) is 66.8 Å². The minimum absolute atomic E-state index is 0.0701. The molecule has 0 aliphatic carbocycles. The molecular weight excluding hydrogens is 256 g/mol. The molecule has 0 fully saturated rings. The third-order valence-electron chi connectivity index (χ3n) is 3.17. The van der Waals surface area contributed by atoms with E-state index in [0.717, 1.165) is 19.3 Å². The molecule has 2 aromatic rings. The summed E-state index contributed by atoms with van der Waals surface area (Å²) in [5, 5.41) is 20.8. The van der Waals surface area contributed by atoms with Gasteiger partial charge in [0.05, 0.1) is 6.61 Å². The van der Waals surface area contributed by atoms with E-state index in [0.29, 0.717) is 17.4 Å². The highest BCUT2D eigenvalue weighted by Crippen LogP contribution is 2.31. The van der Waals surface area contributed by atoms with Crippen LogP contribution in [0.3, 0.4) is 0 Å². The zero-order valence-corrected chi connectivity index (χ0v) is 11.4. The fraction of sp³-hybridized carbons (Fsp3) is 0.312. The Labute approximate surface area is 117 Å². The zero-order chi connectivity index (χ0) is 14.5. The van der Waals surface area contributed by atoms with Crippen molar-refractivity contribution in [3.63, 3.8) is 0 Å². The van der Waals surface area contributed by atoms with Crippen LogP contribution in [-0.4, -0.2) is 22.8 Å². The first kappa shape index (κ1) is 14.2. The van der Waals surface area contributed by atoms with Gasteiger partial charge in [0.15, 0.2) is 0 Å². The van der Waals surface area contributed by atoms with Gasteiger partial charge in [-0.1, -0.05) is 31.9 Å². The van der Waals surface area contributed by atoms with E-state index < -0.39 is 5.97 Å². The van der Waals surface area contributed by atoms with E-state index in [4.69, 9.17) is 4.74 Å². The van der Waals surface area contributed by atoms with E-state index >= 15 is 0 Å². The maximum absolute atomic E-state index is 11.9. The highest BCUT2D eigenvalue weighted by Gasteiger charge is 2.14. The van der Waals surface area contributed by atoms with Gasteiger partial charge >= 0.3 is 5.97 Å². The Morgan fingerprint density at radius 3 is 2.70 bits per heavy atom. The molecule has 0 spiro atoms. The molecule has 2 rings (SSSR count). The molecule has 0 aromatic heterocycles. The van der Waals surface area contributed by atoms with Crippen molar-refractivity contribution < 1.29 is 19.7 Å². The maximum atomic E-state index is 11.9. The molecule has 4 heteroatoms. The highest BCUT2D eigenvalue weighted by atomic mass is 16.5. The van der Waals surface area contributed by atoms with Crippen LogP contribution in [0.5, 0.6) is 11.5 Å². The smallest absolute Gasteiger partial charge is 0.341 e. The minimum Gasteiger partial charge on any atom is -0.507 e. The molecule has 0 saturated carbocycles. The molecule has 0 unspecified atom stereocenters. The summed E-state index contributed by atoms with van der Waals surface area (Å²) < 4.78 is 5.13. The lowest BCUT2D eigenvalue weighted by Crippen LogP contribution is -2.06. The molecule has 20 heavy (non-hydrogen) atoms. The van der Waals surface area contributed by atoms with Crippen LogP contribution in [0.15, 0.2) is 30.3 Å². The summed E-state index contributed by atoms with van der Waals surface area (Å²) in [6.07, 6.45) is 2.88. The average molecular weight is 274 g/mol. The van der Waals surface area contributed by atoms with Crippen molar-refractivity contribution in [3.8, 4) is 11.5 Å². The van der Waals surface area contributed by atoms with Gasteiger partial charge in [0.2, 0.25) is 0 Å². The van der Waals surface area contributed by atoms with Gasteiger partial charge in [0.1, 0.15) is 17.1 Å². The van der Waals surface area contributed by atoms with Gasteiger partial charge in [-0.3, -0.25) is 0 Å². The monoisotopic (exact) mass is 274 g/mol. The fourth-order valence-corrected chi connectivity index (χ4v) is 2.06. The second-order valence-electron chi connectivity index (χ2n) is 4.71. The largest absolute Gasteiger partial charge is 0.507 e. The number of benzene rings is 2. The van der Waals surface area contributed by atoms with Crippen molar-refractivity contribution in [1.82, 2.24) is 0 Å². The van der Waals surface area contributed by atoms with Crippen LogP contribution in [0.2, 0.25) is 0 Å². The van der Waals surface area contributed by atoms with E-state index in [1.165, 1.54) is 18.2 Å². The highest BCUT2D eigenvalue weighted by molar-refractivity contribution is 6.00. The van der Waals surface area contributed by atoms with Crippen LogP contribution in [0, 0.1) is 0 Å². The number of fused-ring (bicyclic) bond motifs is 1. The van der Waals surface area contributed by atoms with E-state index in [2.05, 4.69) is 6.92 Å². The van der Waals surface area contributed by atoms with Gasteiger partial charge in [-0.15, -0.1) is 0 Å². The Kier molecular flexibility index (Phi) is 4.45. The molecule has 0 amide bonds. The van der Waals surface area contributed by atoms with E-state index in [9.17, 15) is 15.0 Å². The van der Waals surface area contributed by atoms with E-state index in [1.807, 2.05) is 0 Å². The third-order valence-corrected chi connectivity index (χ3v) is 3.17. The molecule has 0 aliphatic rings. The number of aromatic hydroxyl groups is 2. The Balaban J connectivity index is 2.21.